The van der Waals surface area contributed by atoms with Gasteiger partial charge in [0.25, 0.3) is 0 Å². The summed E-state index contributed by atoms with van der Waals surface area (Å²) in [6.07, 6.45) is 3.48. The smallest absolute Gasteiger partial charge is 0.112 e. The van der Waals surface area contributed by atoms with Crippen LogP contribution in [0, 0.1) is 18.3 Å². The van der Waals surface area contributed by atoms with Crippen molar-refractivity contribution >= 4 is 38.3 Å². The Balaban J connectivity index is 2.08. The van der Waals surface area contributed by atoms with Crippen molar-refractivity contribution in [3.63, 3.8) is 0 Å². The van der Waals surface area contributed by atoms with Gasteiger partial charge in [-0.2, -0.15) is 5.26 Å². The molecule has 2 aromatic heterocycles. The van der Waals surface area contributed by atoms with Crippen molar-refractivity contribution in [2.45, 2.75) is 6.92 Å². The number of hydrogen-bond acceptors (Lipinski definition) is 4. The van der Waals surface area contributed by atoms with Crippen LogP contribution in [0.5, 0.6) is 0 Å². The maximum Gasteiger partial charge on any atom is 0.112 e. The third kappa shape index (κ3) is 2.71. The number of anilines is 2. The SMILES string of the molecule is Cc1ccc(C#N)cc1Nc1ccnc2cc(Br)cnc12. The summed E-state index contributed by atoms with van der Waals surface area (Å²) in [5, 5.41) is 12.4. The summed E-state index contributed by atoms with van der Waals surface area (Å²) in [4.78, 5) is 8.73. The molecule has 0 fully saturated rings. The molecule has 5 heteroatoms. The normalized spacial score (nSPS) is 10.3. The van der Waals surface area contributed by atoms with E-state index in [0.717, 1.165) is 32.4 Å². The van der Waals surface area contributed by atoms with E-state index in [1.165, 1.54) is 0 Å². The summed E-state index contributed by atoms with van der Waals surface area (Å²) in [6.45, 7) is 2.00. The van der Waals surface area contributed by atoms with Crippen molar-refractivity contribution in [3.8, 4) is 6.07 Å². The van der Waals surface area contributed by atoms with E-state index in [4.69, 9.17) is 5.26 Å². The predicted octanol–water partition coefficient (Wildman–Crippen LogP) is 4.32. The van der Waals surface area contributed by atoms with E-state index in [1.54, 1.807) is 18.5 Å². The monoisotopic (exact) mass is 338 g/mol. The van der Waals surface area contributed by atoms with E-state index in [1.807, 2.05) is 31.2 Å². The number of aryl methyl sites for hydroxylation is 1. The van der Waals surface area contributed by atoms with Crippen LogP contribution in [-0.2, 0) is 0 Å². The van der Waals surface area contributed by atoms with Gasteiger partial charge in [-0.1, -0.05) is 6.07 Å². The minimum Gasteiger partial charge on any atom is -0.353 e. The standard InChI is InChI=1S/C16H11BrN4/c1-10-2-3-11(8-18)6-14(10)21-13-4-5-19-15-7-12(17)9-20-16(13)15/h2-7,9H,1H3,(H,19,21). The first kappa shape index (κ1) is 13.5. The Kier molecular flexibility index (Phi) is 3.55. The van der Waals surface area contributed by atoms with Gasteiger partial charge in [-0.3, -0.25) is 9.97 Å². The van der Waals surface area contributed by atoms with Gasteiger partial charge in [0, 0.05) is 22.6 Å². The molecule has 0 bridgehead atoms. The van der Waals surface area contributed by atoms with Crippen LogP contribution >= 0.6 is 15.9 Å². The lowest BCUT2D eigenvalue weighted by molar-refractivity contribution is 1.31. The molecule has 1 N–H and O–H groups in total. The average molecular weight is 339 g/mol. The molecular formula is C16H11BrN4. The molecular weight excluding hydrogens is 328 g/mol. The average Bonchev–Trinajstić information content (AvgIpc) is 2.49. The van der Waals surface area contributed by atoms with Crippen LogP contribution in [0.1, 0.15) is 11.1 Å². The van der Waals surface area contributed by atoms with Gasteiger partial charge in [0.1, 0.15) is 5.52 Å². The Morgan fingerprint density at radius 3 is 2.81 bits per heavy atom. The highest BCUT2D eigenvalue weighted by atomic mass is 79.9. The quantitative estimate of drug-likeness (QED) is 0.755. The second-order valence-corrected chi connectivity index (χ2v) is 5.56. The number of nitrogens with zero attached hydrogens (tertiary/aromatic N) is 3. The van der Waals surface area contributed by atoms with E-state index in [9.17, 15) is 0 Å². The predicted molar refractivity (Wildman–Crippen MR) is 86.4 cm³/mol. The second-order valence-electron chi connectivity index (χ2n) is 4.65. The first-order valence-electron chi connectivity index (χ1n) is 6.35. The van der Waals surface area contributed by atoms with Crippen molar-refractivity contribution in [2.24, 2.45) is 0 Å². The number of pyridine rings is 2. The molecule has 0 unspecified atom stereocenters. The van der Waals surface area contributed by atoms with Crippen molar-refractivity contribution < 1.29 is 0 Å². The molecule has 3 rings (SSSR count). The lowest BCUT2D eigenvalue weighted by Crippen LogP contribution is -1.97. The van der Waals surface area contributed by atoms with Gasteiger partial charge in [0.15, 0.2) is 0 Å². The zero-order valence-corrected chi connectivity index (χ0v) is 12.8. The van der Waals surface area contributed by atoms with Gasteiger partial charge in [0.05, 0.1) is 22.8 Å². The van der Waals surface area contributed by atoms with E-state index >= 15 is 0 Å². The van der Waals surface area contributed by atoms with Gasteiger partial charge < -0.3 is 5.32 Å². The third-order valence-electron chi connectivity index (χ3n) is 3.18. The summed E-state index contributed by atoms with van der Waals surface area (Å²) in [6, 6.07) is 11.5. The summed E-state index contributed by atoms with van der Waals surface area (Å²) < 4.78 is 0.891. The molecule has 0 amide bonds. The van der Waals surface area contributed by atoms with Crippen LogP contribution in [-0.4, -0.2) is 9.97 Å². The van der Waals surface area contributed by atoms with Gasteiger partial charge in [0.2, 0.25) is 0 Å². The van der Waals surface area contributed by atoms with Crippen molar-refractivity contribution in [1.82, 2.24) is 9.97 Å². The molecule has 0 spiro atoms. The van der Waals surface area contributed by atoms with E-state index in [2.05, 4.69) is 37.3 Å². The van der Waals surface area contributed by atoms with Crippen molar-refractivity contribution in [2.75, 3.05) is 5.32 Å². The molecule has 102 valence electrons. The third-order valence-corrected chi connectivity index (χ3v) is 3.61. The van der Waals surface area contributed by atoms with Gasteiger partial charge in [-0.05, 0) is 52.7 Å². The molecule has 0 saturated heterocycles. The Hall–Kier alpha value is -2.45. The van der Waals surface area contributed by atoms with Crippen LogP contribution < -0.4 is 5.32 Å². The Labute approximate surface area is 130 Å². The lowest BCUT2D eigenvalue weighted by atomic mass is 10.1. The fourth-order valence-corrected chi connectivity index (χ4v) is 2.40. The number of nitrogens with one attached hydrogen (secondary N) is 1. The summed E-state index contributed by atoms with van der Waals surface area (Å²) in [5.74, 6) is 0. The van der Waals surface area contributed by atoms with Crippen molar-refractivity contribution in [1.29, 1.82) is 5.26 Å². The van der Waals surface area contributed by atoms with E-state index < -0.39 is 0 Å². The van der Waals surface area contributed by atoms with Crippen LogP contribution in [0.25, 0.3) is 11.0 Å². The largest absolute Gasteiger partial charge is 0.353 e. The minimum absolute atomic E-state index is 0.622. The van der Waals surface area contributed by atoms with E-state index in [0.29, 0.717) is 5.56 Å². The Morgan fingerprint density at radius 2 is 2.00 bits per heavy atom. The molecule has 0 saturated carbocycles. The fraction of sp³-hybridized carbons (Fsp3) is 0.0625. The van der Waals surface area contributed by atoms with Gasteiger partial charge >= 0.3 is 0 Å². The number of halogens is 1. The first-order valence-corrected chi connectivity index (χ1v) is 7.15. The number of fused-ring (bicyclic) bond motifs is 1. The van der Waals surface area contributed by atoms with Gasteiger partial charge in [-0.15, -0.1) is 0 Å². The highest BCUT2D eigenvalue weighted by molar-refractivity contribution is 9.10. The fourth-order valence-electron chi connectivity index (χ4n) is 2.08. The molecule has 4 nitrogen and oxygen atoms in total. The molecule has 0 aliphatic heterocycles. The van der Waals surface area contributed by atoms with Gasteiger partial charge in [-0.25, -0.2) is 0 Å². The minimum atomic E-state index is 0.622. The summed E-state index contributed by atoms with van der Waals surface area (Å²) >= 11 is 3.40. The van der Waals surface area contributed by atoms with Crippen LogP contribution in [0.15, 0.2) is 47.2 Å². The summed E-state index contributed by atoms with van der Waals surface area (Å²) in [7, 11) is 0. The number of benzene rings is 1. The molecule has 0 atom stereocenters. The van der Waals surface area contributed by atoms with Crippen LogP contribution in [0.2, 0.25) is 0 Å². The molecule has 2 heterocycles. The highest BCUT2D eigenvalue weighted by Crippen LogP contribution is 2.27. The first-order chi connectivity index (χ1) is 10.2. The summed E-state index contributed by atoms with van der Waals surface area (Å²) in [5.41, 5.74) is 5.05. The Morgan fingerprint density at radius 1 is 1.14 bits per heavy atom. The molecule has 3 aromatic rings. The number of nitriles is 1. The maximum atomic E-state index is 9.02. The maximum absolute atomic E-state index is 9.02. The molecule has 21 heavy (non-hydrogen) atoms. The molecule has 1 aromatic carbocycles. The van der Waals surface area contributed by atoms with Crippen LogP contribution in [0.3, 0.4) is 0 Å². The Bertz CT molecular complexity index is 868. The highest BCUT2D eigenvalue weighted by Gasteiger charge is 2.06. The second kappa shape index (κ2) is 5.51. The van der Waals surface area contributed by atoms with Crippen molar-refractivity contribution in [3.05, 3.63) is 58.3 Å². The zero-order chi connectivity index (χ0) is 14.8. The zero-order valence-electron chi connectivity index (χ0n) is 11.3. The molecule has 0 aliphatic carbocycles. The number of hydrogen-bond donors (Lipinski definition) is 1. The number of aromatic nitrogens is 2. The van der Waals surface area contributed by atoms with Crippen LogP contribution in [0.4, 0.5) is 11.4 Å². The topological polar surface area (TPSA) is 61.6 Å². The molecule has 0 radical (unpaired) electrons. The van der Waals surface area contributed by atoms with E-state index in [-0.39, 0.29) is 0 Å². The number of rotatable bonds is 2. The molecule has 0 aliphatic rings. The lowest BCUT2D eigenvalue weighted by Gasteiger charge is -2.11.